The van der Waals surface area contributed by atoms with Crippen LogP contribution in [0.5, 0.6) is 0 Å². The molecule has 5 N–H and O–H groups in total. The van der Waals surface area contributed by atoms with Crippen molar-refractivity contribution in [2.24, 2.45) is 5.84 Å². The zero-order valence-electron chi connectivity index (χ0n) is 36.9. The van der Waals surface area contributed by atoms with E-state index in [1.807, 2.05) is 65.8 Å². The number of hydroxylamine groups is 2. The van der Waals surface area contributed by atoms with Crippen LogP contribution < -0.4 is 31.7 Å². The maximum absolute atomic E-state index is 12.1. The number of nitrogens with two attached hydrogens (primary N) is 1. The van der Waals surface area contributed by atoms with E-state index >= 15 is 0 Å². The number of ether oxygens (including phenoxy) is 2. The van der Waals surface area contributed by atoms with Gasteiger partial charge in [-0.25, -0.2) is 20.2 Å². The monoisotopic (exact) mass is 883 g/mol. The number of carbonyl (C=O) groups is 8. The molecule has 5 rings (SSSR count). The number of anilines is 2. The third-order valence-electron chi connectivity index (χ3n) is 9.21. The van der Waals surface area contributed by atoms with E-state index < -0.39 is 29.1 Å². The fourth-order valence-corrected chi connectivity index (χ4v) is 5.87. The minimum atomic E-state index is -0.821. The van der Waals surface area contributed by atoms with E-state index in [1.165, 1.54) is 7.05 Å². The summed E-state index contributed by atoms with van der Waals surface area (Å²) in [6, 6.07) is 14.5. The van der Waals surface area contributed by atoms with Crippen LogP contribution in [-0.2, 0) is 28.7 Å². The first-order valence-corrected chi connectivity index (χ1v) is 20.4. The van der Waals surface area contributed by atoms with E-state index in [0.717, 1.165) is 24.5 Å². The van der Waals surface area contributed by atoms with Crippen LogP contribution in [0, 0.1) is 0 Å². The van der Waals surface area contributed by atoms with Gasteiger partial charge in [0.1, 0.15) is 11.2 Å². The summed E-state index contributed by atoms with van der Waals surface area (Å²) in [7, 11) is 1.34. The van der Waals surface area contributed by atoms with Gasteiger partial charge in [-0.15, -0.1) is 5.06 Å². The van der Waals surface area contributed by atoms with Crippen LogP contribution in [0.25, 0.3) is 0 Å². The molecule has 2 aromatic rings. The van der Waals surface area contributed by atoms with Gasteiger partial charge in [0, 0.05) is 101 Å². The fraction of sp³-hybridized carbons (Fsp3) is 0.535. The fourth-order valence-electron chi connectivity index (χ4n) is 5.87. The van der Waals surface area contributed by atoms with Crippen molar-refractivity contribution in [3.63, 3.8) is 0 Å². The number of nitrogens with one attached hydrogen (secondary N) is 3. The number of nitrogen functional groups attached to an aromatic ring is 1. The summed E-state index contributed by atoms with van der Waals surface area (Å²) in [5.41, 5.74) is 4.19. The van der Waals surface area contributed by atoms with E-state index in [2.05, 4.69) is 30.7 Å². The lowest BCUT2D eigenvalue weighted by molar-refractivity contribution is -0.171. The van der Waals surface area contributed by atoms with Gasteiger partial charge in [0.2, 0.25) is 0 Å². The number of benzene rings is 2. The van der Waals surface area contributed by atoms with Crippen molar-refractivity contribution in [3.05, 3.63) is 59.7 Å². The third-order valence-corrected chi connectivity index (χ3v) is 9.21. The van der Waals surface area contributed by atoms with Gasteiger partial charge in [-0.3, -0.25) is 29.4 Å². The Balaban J connectivity index is 0.000000344. The molecule has 348 valence electrons. The molecule has 0 spiro atoms. The smallest absolute Gasteiger partial charge is 0.431 e. The molecule has 2 aromatic carbocycles. The largest absolute Gasteiger partial charge is 0.444 e. The molecule has 3 heterocycles. The standard InChI is InChI=1S/C20H29N3O4.C16H24N4O3.C6H8N2O4.CH4/c1-5-17(24)14-21-18(25)15-6-8-16(9-7-15)22-10-12-23(13-11-22)19(26)27-20(2,3)4;1-16(2,3)23-15(22)20-10-8-19(9-11-20)13-6-4-12(5-7-13)14(21)18-17;1-7-6(11)12-8-4(9)2-3-5(8)10;/h6-9H,5,10-14H2,1-4H3,(H,21,25);4-7H,8-11,17H2,1-3H3,(H,18,21);2-3H2,1H3,(H,7,11);1H4. The summed E-state index contributed by atoms with van der Waals surface area (Å²) in [6.07, 6.45) is -0.748. The maximum atomic E-state index is 12.1. The second-order valence-electron chi connectivity index (χ2n) is 16.3. The molecule has 20 heteroatoms. The molecule has 3 aliphatic heterocycles. The molecule has 3 aliphatic rings. The first-order chi connectivity index (χ1) is 29.1. The van der Waals surface area contributed by atoms with Gasteiger partial charge >= 0.3 is 18.3 Å². The highest BCUT2D eigenvalue weighted by Crippen LogP contribution is 2.21. The molecule has 0 bridgehead atoms. The van der Waals surface area contributed by atoms with Crippen LogP contribution in [0.15, 0.2) is 48.5 Å². The number of hydrazine groups is 1. The SMILES string of the molecule is C.CC(C)(C)OC(=O)N1CCN(c2ccc(C(=O)NN)cc2)CC1.CCC(=O)CNC(=O)c1ccc(N2CCN(C(=O)OC(C)(C)C)CC2)cc1.CNC(=O)ON1C(=O)CCC1=O. The number of hydrogen-bond acceptors (Lipinski definition) is 14. The van der Waals surface area contributed by atoms with Crippen LogP contribution in [0.4, 0.5) is 25.8 Å². The molecule has 0 unspecified atom stereocenters. The number of piperazine rings is 2. The summed E-state index contributed by atoms with van der Waals surface area (Å²) in [4.78, 5) is 103. The van der Waals surface area contributed by atoms with Gasteiger partial charge in [-0.2, -0.15) is 0 Å². The van der Waals surface area contributed by atoms with Crippen LogP contribution in [0.3, 0.4) is 0 Å². The van der Waals surface area contributed by atoms with Crippen molar-refractivity contribution in [1.82, 2.24) is 30.9 Å². The number of hydrogen-bond donors (Lipinski definition) is 4. The number of rotatable bonds is 8. The molecule has 63 heavy (non-hydrogen) atoms. The Morgan fingerprint density at radius 3 is 1.35 bits per heavy atom. The normalized spacial score (nSPS) is 15.0. The zero-order valence-corrected chi connectivity index (χ0v) is 36.9. The Hall–Kier alpha value is -6.44. The topological polar surface area (TPSA) is 243 Å². The van der Waals surface area contributed by atoms with Crippen LogP contribution in [-0.4, -0.2) is 140 Å². The Kier molecular flexibility index (Phi) is 20.3. The highest BCUT2D eigenvalue weighted by Gasteiger charge is 2.33. The molecular weight excluding hydrogens is 819 g/mol. The number of imide groups is 1. The molecule has 0 saturated carbocycles. The van der Waals surface area contributed by atoms with Crippen molar-refractivity contribution < 1.29 is 52.7 Å². The van der Waals surface area contributed by atoms with Crippen LogP contribution in [0.1, 0.15) is 95.9 Å². The van der Waals surface area contributed by atoms with Crippen molar-refractivity contribution in [1.29, 1.82) is 0 Å². The predicted molar refractivity (Wildman–Crippen MR) is 236 cm³/mol. The molecule has 7 amide bonds. The van der Waals surface area contributed by atoms with Gasteiger partial charge in [0.25, 0.3) is 23.6 Å². The molecule has 0 radical (unpaired) electrons. The first-order valence-electron chi connectivity index (χ1n) is 20.4. The number of nitrogens with zero attached hydrogens (tertiary/aromatic N) is 5. The second kappa shape index (κ2) is 24.3. The Labute approximate surface area is 369 Å². The molecule has 3 fully saturated rings. The van der Waals surface area contributed by atoms with E-state index in [1.54, 1.807) is 41.0 Å². The number of ketones is 1. The minimum Gasteiger partial charge on any atom is -0.444 e. The van der Waals surface area contributed by atoms with Crippen LogP contribution in [0.2, 0.25) is 0 Å². The zero-order chi connectivity index (χ0) is 46.2. The molecule has 0 aliphatic carbocycles. The summed E-state index contributed by atoms with van der Waals surface area (Å²) < 4.78 is 10.8. The number of Topliss-reactive ketones (excluding diaryl/α,β-unsaturated/α-hetero) is 1. The molecule has 0 aromatic heterocycles. The lowest BCUT2D eigenvalue weighted by Crippen LogP contribution is -2.50. The second-order valence-corrected chi connectivity index (χ2v) is 16.3. The lowest BCUT2D eigenvalue weighted by atomic mass is 10.1. The van der Waals surface area contributed by atoms with Gasteiger partial charge in [-0.1, -0.05) is 14.4 Å². The van der Waals surface area contributed by atoms with Gasteiger partial charge in [0.05, 0.1) is 6.54 Å². The minimum absolute atomic E-state index is 0. The summed E-state index contributed by atoms with van der Waals surface area (Å²) >= 11 is 0. The highest BCUT2D eigenvalue weighted by molar-refractivity contribution is 6.01. The maximum Gasteiger partial charge on any atom is 0.431 e. The lowest BCUT2D eigenvalue weighted by Gasteiger charge is -2.36. The van der Waals surface area contributed by atoms with Gasteiger partial charge < -0.3 is 44.5 Å². The van der Waals surface area contributed by atoms with Gasteiger partial charge in [0.15, 0.2) is 5.78 Å². The van der Waals surface area contributed by atoms with Crippen molar-refractivity contribution in [2.75, 3.05) is 75.8 Å². The molecular formula is C43H65N9O11. The predicted octanol–water partition coefficient (Wildman–Crippen LogP) is 3.84. The van der Waals surface area contributed by atoms with Crippen LogP contribution >= 0.6 is 0 Å². The van der Waals surface area contributed by atoms with Crippen molar-refractivity contribution in [2.45, 2.75) is 86.4 Å². The summed E-state index contributed by atoms with van der Waals surface area (Å²) in [5, 5.41) is 5.24. The van der Waals surface area contributed by atoms with E-state index in [-0.39, 0.29) is 56.6 Å². The quantitative estimate of drug-likeness (QED) is 0.128. The first kappa shape index (κ1) is 52.7. The Morgan fingerprint density at radius 1 is 0.635 bits per heavy atom. The van der Waals surface area contributed by atoms with E-state index in [4.69, 9.17) is 15.3 Å². The molecule has 20 nitrogen and oxygen atoms in total. The third kappa shape index (κ3) is 17.5. The average molecular weight is 884 g/mol. The van der Waals surface area contributed by atoms with Crippen molar-refractivity contribution >= 4 is 59.1 Å². The summed E-state index contributed by atoms with van der Waals surface area (Å²) in [5.74, 6) is 3.58. The van der Waals surface area contributed by atoms with E-state index in [9.17, 15) is 38.4 Å². The Morgan fingerprint density at radius 2 is 1.02 bits per heavy atom. The molecule has 0 atom stereocenters. The summed E-state index contributed by atoms with van der Waals surface area (Å²) in [6.45, 7) is 18.3. The number of amides is 7. The van der Waals surface area contributed by atoms with E-state index in [0.29, 0.717) is 61.9 Å². The van der Waals surface area contributed by atoms with Gasteiger partial charge in [-0.05, 0) is 90.1 Å². The number of carbonyl (C=O) groups excluding carboxylic acids is 8. The molecule has 3 saturated heterocycles. The Bertz CT molecular complexity index is 1860. The highest BCUT2D eigenvalue weighted by atomic mass is 16.7. The average Bonchev–Trinajstić information content (AvgIpc) is 3.56. The van der Waals surface area contributed by atoms with Crippen molar-refractivity contribution in [3.8, 4) is 0 Å².